The maximum atomic E-state index is 15.6. The van der Waals surface area contributed by atoms with Crippen LogP contribution in [-0.2, 0) is 50.8 Å². The maximum Gasteiger partial charge on any atom is 0.412 e. The average molecular weight is 1070 g/mol. The van der Waals surface area contributed by atoms with Crippen LogP contribution in [0.3, 0.4) is 0 Å². The fourth-order valence-electron chi connectivity index (χ4n) is 12.5. The molecule has 402 valence electrons. The Morgan fingerprint density at radius 3 is 2.63 bits per heavy atom. The van der Waals surface area contributed by atoms with E-state index in [9.17, 15) is 33.8 Å². The maximum absolute atomic E-state index is 15.6. The van der Waals surface area contributed by atoms with E-state index in [2.05, 4.69) is 32.6 Å². The van der Waals surface area contributed by atoms with Crippen molar-refractivity contribution >= 4 is 56.8 Å². The second kappa shape index (κ2) is 19.1. The van der Waals surface area contributed by atoms with Crippen molar-refractivity contribution in [3.05, 3.63) is 116 Å². The van der Waals surface area contributed by atoms with Crippen molar-refractivity contribution in [3.8, 4) is 35.5 Å². The standard InChI is InChI=1S/C57H54F3N9O9/c1-5-37-41(59)9-8-32-17-36(70)19-46(48(32)37)65-13-10-38-45(26-65)62-54(78-29-56-11-7-12-67(56)25-35(58)22-56)64-50(38)68-15-14-66(23-31(68)4)51(71)30(3)27-77-55(74)63-44-18-33-16-34-24-69-47(49(34)61-43(33)21-42(44)60)20-40-39(52(69)72)28-76-53(73)57(40,75)6-2/h1,8-9,16-21,31,35,70,75H,3,6-7,10-15,22-29H2,2,4H3,(H,63,74)/t31-,35+,56-,57-/m0/s1. The molecule has 3 saturated heterocycles. The number of rotatable bonds is 10. The minimum Gasteiger partial charge on any atom is -0.508 e. The van der Waals surface area contributed by atoms with E-state index in [1.807, 2.05) is 11.8 Å². The number of anilines is 3. The Hall–Kier alpha value is -8.22. The van der Waals surface area contributed by atoms with Crippen molar-refractivity contribution < 1.29 is 52.0 Å². The molecule has 18 nitrogen and oxygen atoms in total. The van der Waals surface area contributed by atoms with Gasteiger partial charge in [0.15, 0.2) is 5.60 Å². The van der Waals surface area contributed by atoms with Crippen LogP contribution in [0.15, 0.2) is 65.5 Å². The van der Waals surface area contributed by atoms with Crippen molar-refractivity contribution in [1.82, 2.24) is 29.3 Å². The number of aromatic nitrogens is 4. The number of aliphatic hydroxyl groups is 1. The molecule has 4 atom stereocenters. The lowest BCUT2D eigenvalue weighted by Crippen LogP contribution is -2.55. The van der Waals surface area contributed by atoms with E-state index in [0.29, 0.717) is 82.8 Å². The second-order valence-electron chi connectivity index (χ2n) is 21.1. The molecule has 3 aromatic heterocycles. The summed E-state index contributed by atoms with van der Waals surface area (Å²) in [5.74, 6) is 0.434. The van der Waals surface area contributed by atoms with E-state index < -0.39 is 59.1 Å². The number of esters is 1. The number of fused-ring (bicyclic) bond motifs is 8. The predicted octanol–water partition coefficient (Wildman–Crippen LogP) is 6.35. The highest BCUT2D eigenvalue weighted by molar-refractivity contribution is 6.00. The number of carbonyl (C=O) groups is 3. The normalized spacial score (nSPS) is 22.3. The van der Waals surface area contributed by atoms with Crippen LogP contribution >= 0.6 is 0 Å². The molecule has 0 unspecified atom stereocenters. The lowest BCUT2D eigenvalue weighted by Gasteiger charge is -2.42. The van der Waals surface area contributed by atoms with Gasteiger partial charge in [0.2, 0.25) is 0 Å². The van der Waals surface area contributed by atoms with Crippen molar-refractivity contribution in [3.63, 3.8) is 0 Å². The molecule has 3 N–H and O–H groups in total. The van der Waals surface area contributed by atoms with Gasteiger partial charge in [-0.25, -0.2) is 27.7 Å². The number of halogens is 3. The molecule has 0 bridgehead atoms. The molecule has 6 aliphatic rings. The summed E-state index contributed by atoms with van der Waals surface area (Å²) < 4.78 is 64.1. The van der Waals surface area contributed by atoms with Crippen LogP contribution in [0.25, 0.3) is 33.1 Å². The number of terminal acetylenes is 1. The molecule has 0 aliphatic carbocycles. The van der Waals surface area contributed by atoms with Crippen LogP contribution in [0.1, 0.15) is 73.0 Å². The first-order valence-electron chi connectivity index (χ1n) is 26.0. The van der Waals surface area contributed by atoms with Crippen LogP contribution in [0.4, 0.5) is 35.2 Å². The summed E-state index contributed by atoms with van der Waals surface area (Å²) >= 11 is 0. The van der Waals surface area contributed by atoms with E-state index in [4.69, 9.17) is 30.6 Å². The Morgan fingerprint density at radius 2 is 1.83 bits per heavy atom. The van der Waals surface area contributed by atoms with Crippen LogP contribution in [0.5, 0.6) is 11.8 Å². The minimum absolute atomic E-state index is 0.00889. The number of nitrogens with one attached hydrogen (secondary N) is 1. The number of amides is 2. The first kappa shape index (κ1) is 50.6. The summed E-state index contributed by atoms with van der Waals surface area (Å²) in [6.07, 6.45) is 6.35. The smallest absolute Gasteiger partial charge is 0.412 e. The monoisotopic (exact) mass is 1070 g/mol. The largest absolute Gasteiger partial charge is 0.508 e. The number of hydrogen-bond acceptors (Lipinski definition) is 15. The number of cyclic esters (lactones) is 1. The molecule has 9 heterocycles. The number of ether oxygens (including phenoxy) is 3. The molecule has 12 rings (SSSR count). The second-order valence-corrected chi connectivity index (χ2v) is 21.1. The SMILES string of the molecule is C#Cc1c(F)ccc2cc(O)cc(N3CCc4c(nc(OC[C@@]56CCCN5C[C@H](F)C6)nc4N4CCN(C(=O)C(=C)COC(=O)Nc5cc6cc7c(nc6cc5F)-c5cc6c(c(=O)n5C7)COC(=O)[C@]6(O)CC)C[C@@H]4C)C3)c12. The van der Waals surface area contributed by atoms with Crippen molar-refractivity contribution in [2.24, 2.45) is 0 Å². The van der Waals surface area contributed by atoms with Crippen molar-refractivity contribution in [2.75, 3.05) is 67.6 Å². The van der Waals surface area contributed by atoms with Gasteiger partial charge in [-0.05, 0) is 74.9 Å². The van der Waals surface area contributed by atoms with Gasteiger partial charge in [-0.2, -0.15) is 9.97 Å². The summed E-state index contributed by atoms with van der Waals surface area (Å²) in [4.78, 5) is 75.7. The first-order valence-corrected chi connectivity index (χ1v) is 26.0. The molecule has 0 saturated carbocycles. The summed E-state index contributed by atoms with van der Waals surface area (Å²) in [6, 6.07) is 11.6. The Bertz CT molecular complexity index is 3700. The third-order valence-corrected chi connectivity index (χ3v) is 16.5. The van der Waals surface area contributed by atoms with Crippen molar-refractivity contribution in [1.29, 1.82) is 0 Å². The highest BCUT2D eigenvalue weighted by Gasteiger charge is 2.50. The van der Waals surface area contributed by atoms with E-state index in [1.54, 1.807) is 42.2 Å². The Labute approximate surface area is 445 Å². The number of phenols is 1. The van der Waals surface area contributed by atoms with Crippen LogP contribution in [-0.4, -0.2) is 128 Å². The topological polar surface area (TPSA) is 205 Å². The van der Waals surface area contributed by atoms with Gasteiger partial charge >= 0.3 is 18.1 Å². The number of pyridine rings is 2. The molecule has 6 aromatic rings. The summed E-state index contributed by atoms with van der Waals surface area (Å²) in [6.45, 7) is 9.69. The lowest BCUT2D eigenvalue weighted by molar-refractivity contribution is -0.172. The highest BCUT2D eigenvalue weighted by Crippen LogP contribution is 2.43. The number of alkyl halides is 1. The summed E-state index contributed by atoms with van der Waals surface area (Å²) in [5, 5.41) is 25.9. The number of piperazine rings is 1. The third kappa shape index (κ3) is 8.39. The van der Waals surface area contributed by atoms with Gasteiger partial charge < -0.3 is 43.7 Å². The first-order chi connectivity index (χ1) is 37.4. The molecule has 21 heteroatoms. The molecule has 6 aliphatic heterocycles. The van der Waals surface area contributed by atoms with E-state index in [1.165, 1.54) is 16.7 Å². The summed E-state index contributed by atoms with van der Waals surface area (Å²) in [7, 11) is 0. The van der Waals surface area contributed by atoms with Gasteiger partial charge in [-0.1, -0.05) is 25.5 Å². The van der Waals surface area contributed by atoms with Crippen LogP contribution in [0.2, 0.25) is 0 Å². The van der Waals surface area contributed by atoms with Crippen LogP contribution in [0, 0.1) is 24.0 Å². The molecule has 78 heavy (non-hydrogen) atoms. The Kier molecular flexibility index (Phi) is 12.4. The summed E-state index contributed by atoms with van der Waals surface area (Å²) in [5.41, 5.74) is 0.911. The zero-order valence-corrected chi connectivity index (χ0v) is 42.8. The lowest BCUT2D eigenvalue weighted by atomic mass is 9.86. The number of phenolic OH excluding ortho intramolecular Hbond substituents is 1. The molecule has 0 radical (unpaired) electrons. The fraction of sp³-hybridized carbons (Fsp3) is 0.386. The van der Waals surface area contributed by atoms with Gasteiger partial charge in [0.25, 0.3) is 11.5 Å². The number of benzene rings is 3. The van der Waals surface area contributed by atoms with E-state index in [0.717, 1.165) is 31.0 Å². The van der Waals surface area contributed by atoms with E-state index >= 15 is 8.78 Å². The van der Waals surface area contributed by atoms with Gasteiger partial charge in [0.05, 0.1) is 58.0 Å². The Balaban J connectivity index is 0.728. The van der Waals surface area contributed by atoms with Crippen molar-refractivity contribution in [2.45, 2.75) is 89.0 Å². The molecular weight excluding hydrogens is 1010 g/mol. The third-order valence-electron chi connectivity index (χ3n) is 16.5. The van der Waals surface area contributed by atoms with Crippen LogP contribution < -0.4 is 25.4 Å². The molecule has 3 fully saturated rings. The molecule has 3 aromatic carbocycles. The number of nitrogens with zero attached hydrogens (tertiary/aromatic N) is 8. The molecule has 0 spiro atoms. The zero-order chi connectivity index (χ0) is 54.5. The predicted molar refractivity (Wildman–Crippen MR) is 281 cm³/mol. The van der Waals surface area contributed by atoms with Gasteiger partial charge in [0, 0.05) is 96.0 Å². The van der Waals surface area contributed by atoms with Gasteiger partial charge in [0.1, 0.15) is 49.2 Å². The fourth-order valence-corrected chi connectivity index (χ4v) is 12.5. The zero-order valence-electron chi connectivity index (χ0n) is 42.8. The number of hydrogen-bond donors (Lipinski definition) is 3. The number of carbonyl (C=O) groups excluding carboxylic acids is 3. The van der Waals surface area contributed by atoms with Gasteiger partial charge in [-0.3, -0.25) is 19.8 Å². The minimum atomic E-state index is -2.00. The quantitative estimate of drug-likeness (QED) is 0.0776. The highest BCUT2D eigenvalue weighted by atomic mass is 19.1. The number of aromatic hydroxyl groups is 1. The Morgan fingerprint density at radius 1 is 1.00 bits per heavy atom. The molecular formula is C57H54F3N9O9. The van der Waals surface area contributed by atoms with E-state index in [-0.39, 0.29) is 97.1 Å². The van der Waals surface area contributed by atoms with Gasteiger partial charge in [-0.15, -0.1) is 6.42 Å². The molecule has 2 amide bonds. The average Bonchev–Trinajstić information content (AvgIpc) is 4.23.